The number of anilines is 3. The summed E-state index contributed by atoms with van der Waals surface area (Å²) >= 11 is 0. The molecule has 344 valence electrons. The van der Waals surface area contributed by atoms with Crippen molar-refractivity contribution in [1.82, 2.24) is 0 Å². The maximum Gasteiger partial charge on any atom is 0.0540 e. The zero-order valence-electron chi connectivity index (χ0n) is 41.6. The van der Waals surface area contributed by atoms with Gasteiger partial charge in [-0.2, -0.15) is 0 Å². The highest BCUT2D eigenvalue weighted by Gasteiger charge is 2.25. The van der Waals surface area contributed by atoms with Crippen molar-refractivity contribution in [2.45, 2.75) is 52.4 Å². The number of hydrogen-bond donors (Lipinski definition) is 0. The molecule has 0 bridgehead atoms. The number of nitrogens with zero attached hydrogens (tertiary/aromatic N) is 1. The summed E-state index contributed by atoms with van der Waals surface area (Å²) in [5, 5.41) is 4.91. The summed E-state index contributed by atoms with van der Waals surface area (Å²) in [5.41, 5.74) is 20.3. The van der Waals surface area contributed by atoms with Crippen molar-refractivity contribution in [3.63, 3.8) is 0 Å². The van der Waals surface area contributed by atoms with Crippen LogP contribution in [0.3, 0.4) is 0 Å². The van der Waals surface area contributed by atoms with E-state index in [-0.39, 0.29) is 10.8 Å². The van der Waals surface area contributed by atoms with E-state index in [4.69, 9.17) is 0 Å². The van der Waals surface area contributed by atoms with Crippen LogP contribution < -0.4 is 4.90 Å². The van der Waals surface area contributed by atoms with E-state index in [9.17, 15) is 0 Å². The van der Waals surface area contributed by atoms with Crippen LogP contribution in [0.4, 0.5) is 17.1 Å². The number of fused-ring (bicyclic) bond motifs is 2. The molecule has 1 nitrogen and oxygen atoms in total. The smallest absolute Gasteiger partial charge is 0.0540 e. The molecule has 0 saturated heterocycles. The van der Waals surface area contributed by atoms with Gasteiger partial charge in [-0.1, -0.05) is 266 Å². The van der Waals surface area contributed by atoms with Gasteiger partial charge in [0.15, 0.2) is 0 Å². The van der Waals surface area contributed by atoms with Crippen LogP contribution >= 0.6 is 0 Å². The van der Waals surface area contributed by atoms with E-state index in [1.165, 1.54) is 88.3 Å². The quantitative estimate of drug-likeness (QED) is 0.139. The molecule has 0 aliphatic rings. The van der Waals surface area contributed by atoms with Crippen LogP contribution in [0.2, 0.25) is 0 Å². The van der Waals surface area contributed by atoms with E-state index in [2.05, 4.69) is 295 Å². The Morgan fingerprint density at radius 3 is 1.03 bits per heavy atom. The molecular formula is C70H59N. The molecule has 11 aromatic rings. The lowest BCUT2D eigenvalue weighted by molar-refractivity contribution is 0.569. The fourth-order valence-electron chi connectivity index (χ4n) is 10.4. The zero-order valence-corrected chi connectivity index (χ0v) is 41.6. The van der Waals surface area contributed by atoms with E-state index < -0.39 is 0 Å². The third kappa shape index (κ3) is 8.86. The second-order valence-corrected chi connectivity index (χ2v) is 20.9. The van der Waals surface area contributed by atoms with E-state index in [0.29, 0.717) is 0 Å². The van der Waals surface area contributed by atoms with Crippen molar-refractivity contribution in [3.8, 4) is 66.8 Å². The van der Waals surface area contributed by atoms with Crippen LogP contribution in [0, 0.1) is 0 Å². The van der Waals surface area contributed by atoms with Crippen molar-refractivity contribution < 1.29 is 0 Å². The van der Waals surface area contributed by atoms with Gasteiger partial charge in [-0.05, 0) is 123 Å². The maximum absolute atomic E-state index is 2.50. The molecule has 0 fully saturated rings. The average Bonchev–Trinajstić information content (AvgIpc) is 3.41. The first-order valence-corrected chi connectivity index (χ1v) is 25.0. The van der Waals surface area contributed by atoms with Crippen LogP contribution in [-0.4, -0.2) is 0 Å². The zero-order chi connectivity index (χ0) is 48.7. The summed E-state index contributed by atoms with van der Waals surface area (Å²) in [4.78, 5) is 2.50. The summed E-state index contributed by atoms with van der Waals surface area (Å²) in [7, 11) is 0. The van der Waals surface area contributed by atoms with E-state index in [1.54, 1.807) is 0 Å². The monoisotopic (exact) mass is 913 g/mol. The second kappa shape index (κ2) is 18.6. The highest BCUT2D eigenvalue weighted by molar-refractivity contribution is 6.11. The van der Waals surface area contributed by atoms with Gasteiger partial charge in [0, 0.05) is 16.8 Å². The molecule has 0 aliphatic carbocycles. The third-order valence-electron chi connectivity index (χ3n) is 14.2. The van der Waals surface area contributed by atoms with E-state index >= 15 is 0 Å². The Bertz CT molecular complexity index is 3640. The second-order valence-electron chi connectivity index (χ2n) is 20.9. The molecule has 0 N–H and O–H groups in total. The molecule has 0 saturated carbocycles. The van der Waals surface area contributed by atoms with Crippen LogP contribution in [0.15, 0.2) is 249 Å². The topological polar surface area (TPSA) is 3.24 Å². The Labute approximate surface area is 420 Å². The standard InChI is InChI=1S/C70H59N/c1-69(2,3)56-45-55(46-57(47-56)70(4,5)6)60-32-18-26-54-28-20-34-64(68(54)60)62-30-14-16-36-66(62)71(58-43-41-51(42-44-58)50-39-37-49(38-40-50)48-21-9-7-10-22-48)65-35-15-13-29-61(65)63-33-19-27-53-25-17-31-59(67(53)63)52-23-11-8-12-24-52/h7-47H,1-6H3. The number of benzene rings is 11. The van der Waals surface area contributed by atoms with Crippen molar-refractivity contribution in [1.29, 1.82) is 0 Å². The van der Waals surface area contributed by atoms with Crippen molar-refractivity contribution in [3.05, 3.63) is 260 Å². The molecule has 0 unspecified atom stereocenters. The molecule has 0 atom stereocenters. The molecule has 0 amide bonds. The minimum absolute atomic E-state index is 0.0168. The summed E-state index contributed by atoms with van der Waals surface area (Å²) in [6.07, 6.45) is 0. The number of para-hydroxylation sites is 2. The lowest BCUT2D eigenvalue weighted by Gasteiger charge is -2.31. The van der Waals surface area contributed by atoms with Crippen LogP contribution in [0.25, 0.3) is 88.3 Å². The Kier molecular flexibility index (Phi) is 11.8. The minimum Gasteiger partial charge on any atom is -0.309 e. The summed E-state index contributed by atoms with van der Waals surface area (Å²) in [6.45, 7) is 13.9. The minimum atomic E-state index is -0.0168. The summed E-state index contributed by atoms with van der Waals surface area (Å²) in [5.74, 6) is 0. The predicted molar refractivity (Wildman–Crippen MR) is 306 cm³/mol. The molecule has 0 aliphatic heterocycles. The normalized spacial score (nSPS) is 11.8. The number of hydrogen-bond acceptors (Lipinski definition) is 1. The Hall–Kier alpha value is -8.26. The molecular weight excluding hydrogens is 855 g/mol. The maximum atomic E-state index is 2.50. The lowest BCUT2D eigenvalue weighted by atomic mass is 9.78. The highest BCUT2D eigenvalue weighted by atomic mass is 15.1. The third-order valence-corrected chi connectivity index (χ3v) is 14.2. The molecule has 71 heavy (non-hydrogen) atoms. The Morgan fingerprint density at radius 2 is 0.592 bits per heavy atom. The first kappa shape index (κ1) is 45.2. The molecule has 11 rings (SSSR count). The van der Waals surface area contributed by atoms with E-state index in [0.717, 1.165) is 28.2 Å². The highest BCUT2D eigenvalue weighted by Crippen LogP contribution is 2.49. The first-order chi connectivity index (χ1) is 34.5. The molecule has 0 spiro atoms. The van der Waals surface area contributed by atoms with Gasteiger partial charge in [0.25, 0.3) is 0 Å². The van der Waals surface area contributed by atoms with Gasteiger partial charge >= 0.3 is 0 Å². The Morgan fingerprint density at radius 1 is 0.254 bits per heavy atom. The van der Waals surface area contributed by atoms with Gasteiger partial charge in [-0.3, -0.25) is 0 Å². The van der Waals surface area contributed by atoms with Gasteiger partial charge in [0.05, 0.1) is 11.4 Å². The van der Waals surface area contributed by atoms with Crippen molar-refractivity contribution in [2.24, 2.45) is 0 Å². The fraction of sp³-hybridized carbons (Fsp3) is 0.114. The fourth-order valence-corrected chi connectivity index (χ4v) is 10.4. The van der Waals surface area contributed by atoms with Crippen LogP contribution in [0.1, 0.15) is 52.7 Å². The SMILES string of the molecule is CC(C)(C)c1cc(-c2cccc3cccc(-c4ccccc4N(c4ccc(-c5ccc(-c6ccccc6)cc5)cc4)c4ccccc4-c4cccc5cccc(-c6ccccc6)c45)c23)cc(C(C)(C)C)c1. The van der Waals surface area contributed by atoms with Crippen LogP contribution in [0.5, 0.6) is 0 Å². The largest absolute Gasteiger partial charge is 0.309 e. The van der Waals surface area contributed by atoms with Gasteiger partial charge < -0.3 is 4.90 Å². The summed E-state index contributed by atoms with van der Waals surface area (Å²) < 4.78 is 0. The molecule has 0 radical (unpaired) electrons. The van der Waals surface area contributed by atoms with Gasteiger partial charge in [0.2, 0.25) is 0 Å². The van der Waals surface area contributed by atoms with Gasteiger partial charge in [-0.25, -0.2) is 0 Å². The average molecular weight is 914 g/mol. The number of rotatable bonds is 9. The first-order valence-electron chi connectivity index (χ1n) is 25.0. The molecule has 0 heterocycles. The molecule has 0 aromatic heterocycles. The van der Waals surface area contributed by atoms with Crippen molar-refractivity contribution >= 4 is 38.6 Å². The van der Waals surface area contributed by atoms with Gasteiger partial charge in [-0.15, -0.1) is 0 Å². The lowest BCUT2D eigenvalue weighted by Crippen LogP contribution is -2.16. The van der Waals surface area contributed by atoms with Crippen LogP contribution in [-0.2, 0) is 10.8 Å². The Balaban J connectivity index is 1.13. The molecule has 1 heteroatoms. The van der Waals surface area contributed by atoms with Gasteiger partial charge in [0.1, 0.15) is 0 Å². The molecule has 11 aromatic carbocycles. The predicted octanol–water partition coefficient (Wildman–Crippen LogP) is 20.1. The summed E-state index contributed by atoms with van der Waals surface area (Å²) in [6, 6.07) is 91.8. The van der Waals surface area contributed by atoms with E-state index in [1.807, 2.05) is 0 Å². The van der Waals surface area contributed by atoms with Crippen molar-refractivity contribution in [2.75, 3.05) is 4.90 Å².